The zero-order valence-electron chi connectivity index (χ0n) is 14.9. The van der Waals surface area contributed by atoms with E-state index in [0.717, 1.165) is 23.0 Å². The van der Waals surface area contributed by atoms with Crippen LogP contribution in [0.3, 0.4) is 0 Å². The van der Waals surface area contributed by atoms with Gasteiger partial charge in [-0.05, 0) is 62.1 Å². The van der Waals surface area contributed by atoms with Crippen molar-refractivity contribution in [3.8, 4) is 11.1 Å². The van der Waals surface area contributed by atoms with Crippen LogP contribution >= 0.6 is 0 Å². The van der Waals surface area contributed by atoms with Crippen LogP contribution in [0.25, 0.3) is 22.2 Å². The molecule has 0 spiro atoms. The second-order valence-electron chi connectivity index (χ2n) is 7.93. The number of H-pyrrole nitrogens is 1. The number of hydrogen-bond donors (Lipinski definition) is 2. The van der Waals surface area contributed by atoms with Gasteiger partial charge in [-0.2, -0.15) is 5.10 Å². The molecule has 0 aliphatic heterocycles. The van der Waals surface area contributed by atoms with Gasteiger partial charge >= 0.3 is 0 Å². The van der Waals surface area contributed by atoms with E-state index < -0.39 is 0 Å². The molecule has 3 aromatic heterocycles. The molecule has 0 amide bonds. The van der Waals surface area contributed by atoms with E-state index in [4.69, 9.17) is 4.98 Å². The van der Waals surface area contributed by atoms with Crippen molar-refractivity contribution in [1.82, 2.24) is 25.1 Å². The highest BCUT2D eigenvalue weighted by molar-refractivity contribution is 5.93. The Kier molecular flexibility index (Phi) is 3.45. The first-order chi connectivity index (χ1) is 12.2. The van der Waals surface area contributed by atoms with Crippen LogP contribution in [0.15, 0.2) is 30.9 Å². The molecule has 2 fully saturated rings. The van der Waals surface area contributed by atoms with Crippen LogP contribution in [0.4, 0.5) is 0 Å². The van der Waals surface area contributed by atoms with Gasteiger partial charge in [0.05, 0.1) is 6.20 Å². The fraction of sp³-hybridized carbons (Fsp3) is 0.500. The summed E-state index contributed by atoms with van der Waals surface area (Å²) in [4.78, 5) is 8.05. The first-order valence-electron chi connectivity index (χ1n) is 9.34. The largest absolute Gasteiger partial charge is 0.346 e. The van der Waals surface area contributed by atoms with Gasteiger partial charge in [-0.3, -0.25) is 4.68 Å². The minimum Gasteiger partial charge on any atom is -0.346 e. The van der Waals surface area contributed by atoms with E-state index >= 15 is 0 Å². The molecule has 3 aromatic rings. The van der Waals surface area contributed by atoms with Crippen molar-refractivity contribution in [1.29, 1.82) is 0 Å². The summed E-state index contributed by atoms with van der Waals surface area (Å²) in [7, 11) is 4.07. The summed E-state index contributed by atoms with van der Waals surface area (Å²) < 4.78 is 1.85. The molecular weight excluding hydrogens is 310 g/mol. The highest BCUT2D eigenvalue weighted by Crippen LogP contribution is 2.51. The second kappa shape index (κ2) is 5.70. The number of pyridine rings is 1. The smallest absolute Gasteiger partial charge is 0.137 e. The maximum atomic E-state index is 4.73. The quantitative estimate of drug-likeness (QED) is 0.771. The number of nitrogens with zero attached hydrogens (tertiary/aromatic N) is 3. The number of aromatic nitrogens is 4. The number of aromatic amines is 1. The highest BCUT2D eigenvalue weighted by Gasteiger charge is 2.41. The molecule has 2 bridgehead atoms. The molecule has 5 heteroatoms. The van der Waals surface area contributed by atoms with Crippen molar-refractivity contribution in [3.63, 3.8) is 0 Å². The van der Waals surface area contributed by atoms with E-state index in [1.54, 1.807) is 0 Å². The topological polar surface area (TPSA) is 58.5 Å². The summed E-state index contributed by atoms with van der Waals surface area (Å²) in [5, 5.41) is 9.04. The van der Waals surface area contributed by atoms with Crippen LogP contribution in [0.2, 0.25) is 0 Å². The Morgan fingerprint density at radius 1 is 1.20 bits per heavy atom. The molecule has 2 aliphatic carbocycles. The molecule has 5 rings (SSSR count). The molecule has 4 unspecified atom stereocenters. The first-order valence-corrected chi connectivity index (χ1v) is 9.34. The first kappa shape index (κ1) is 15.1. The van der Waals surface area contributed by atoms with Crippen LogP contribution in [-0.4, -0.2) is 32.8 Å². The highest BCUT2D eigenvalue weighted by atomic mass is 15.2. The van der Waals surface area contributed by atoms with Gasteiger partial charge in [-0.15, -0.1) is 0 Å². The van der Waals surface area contributed by atoms with E-state index in [9.17, 15) is 0 Å². The Hall–Kier alpha value is -2.14. The maximum absolute atomic E-state index is 4.73. The van der Waals surface area contributed by atoms with Crippen molar-refractivity contribution in [2.24, 2.45) is 18.9 Å². The number of aryl methyl sites for hydroxylation is 1. The van der Waals surface area contributed by atoms with E-state index in [1.807, 2.05) is 17.9 Å². The fourth-order valence-electron chi connectivity index (χ4n) is 5.22. The van der Waals surface area contributed by atoms with E-state index in [1.165, 1.54) is 42.2 Å². The molecule has 2 saturated carbocycles. The monoisotopic (exact) mass is 335 g/mol. The summed E-state index contributed by atoms with van der Waals surface area (Å²) in [6, 6.07) is 3.07. The Bertz CT molecular complexity index is 908. The van der Waals surface area contributed by atoms with Gasteiger partial charge in [0.15, 0.2) is 0 Å². The Labute approximate surface area is 147 Å². The average Bonchev–Trinajstić information content (AvgIpc) is 3.31. The maximum Gasteiger partial charge on any atom is 0.137 e. The van der Waals surface area contributed by atoms with Crippen LogP contribution in [-0.2, 0) is 7.05 Å². The molecule has 5 nitrogen and oxygen atoms in total. The zero-order valence-corrected chi connectivity index (χ0v) is 14.9. The van der Waals surface area contributed by atoms with Gasteiger partial charge in [0.25, 0.3) is 0 Å². The van der Waals surface area contributed by atoms with Gasteiger partial charge in [0.2, 0.25) is 0 Å². The summed E-state index contributed by atoms with van der Waals surface area (Å²) >= 11 is 0. The number of hydrogen-bond acceptors (Lipinski definition) is 3. The average molecular weight is 335 g/mol. The van der Waals surface area contributed by atoms with Crippen molar-refractivity contribution < 1.29 is 0 Å². The number of fused-ring (bicyclic) bond motifs is 3. The SMILES string of the molecule is CNC1CC2CC(C1)C(c1cnc3[nH]cc(-c4cnn(C)c4)c3c1)C2. The summed E-state index contributed by atoms with van der Waals surface area (Å²) in [5.41, 5.74) is 4.73. The van der Waals surface area contributed by atoms with Crippen molar-refractivity contribution in [2.75, 3.05) is 7.05 Å². The summed E-state index contributed by atoms with van der Waals surface area (Å²) in [6.45, 7) is 0. The lowest BCUT2D eigenvalue weighted by molar-refractivity contribution is 0.286. The number of nitrogens with one attached hydrogen (secondary N) is 2. The van der Waals surface area contributed by atoms with Crippen LogP contribution in [0, 0.1) is 11.8 Å². The predicted octanol–water partition coefficient (Wildman–Crippen LogP) is 3.46. The van der Waals surface area contributed by atoms with Crippen LogP contribution in [0.5, 0.6) is 0 Å². The molecule has 0 radical (unpaired) electrons. The normalized spacial score (nSPS) is 28.7. The lowest BCUT2D eigenvalue weighted by Crippen LogP contribution is -2.32. The zero-order chi connectivity index (χ0) is 17.0. The Morgan fingerprint density at radius 3 is 2.92 bits per heavy atom. The second-order valence-corrected chi connectivity index (χ2v) is 7.93. The van der Waals surface area contributed by atoms with E-state index in [2.05, 4.69) is 47.1 Å². The predicted molar refractivity (Wildman–Crippen MR) is 99.3 cm³/mol. The minimum atomic E-state index is 0.664. The summed E-state index contributed by atoms with van der Waals surface area (Å²) in [5.74, 6) is 2.34. The molecule has 0 aromatic carbocycles. The lowest BCUT2D eigenvalue weighted by Gasteiger charge is -2.28. The van der Waals surface area contributed by atoms with E-state index in [0.29, 0.717) is 12.0 Å². The molecule has 3 heterocycles. The summed E-state index contributed by atoms with van der Waals surface area (Å²) in [6.07, 6.45) is 13.5. The molecular formula is C20H25N5. The third-order valence-electron chi connectivity index (χ3n) is 6.40. The van der Waals surface area contributed by atoms with Gasteiger partial charge < -0.3 is 10.3 Å². The van der Waals surface area contributed by atoms with Crippen molar-refractivity contribution in [2.45, 2.75) is 37.6 Å². The third-order valence-corrected chi connectivity index (χ3v) is 6.40. The Balaban J connectivity index is 1.52. The standard InChI is InChI=1S/C20H25N5/c1-21-16-4-12-3-13(6-16)17(5-12)14-7-18-19(10-23-20(18)22-8-14)15-9-24-25(2)11-15/h7-13,16-17,21H,3-6H2,1-2H3,(H,22,23). The van der Waals surface area contributed by atoms with Gasteiger partial charge in [0, 0.05) is 48.2 Å². The third kappa shape index (κ3) is 2.49. The van der Waals surface area contributed by atoms with Crippen molar-refractivity contribution >= 4 is 11.0 Å². The van der Waals surface area contributed by atoms with Crippen LogP contribution < -0.4 is 5.32 Å². The van der Waals surface area contributed by atoms with Gasteiger partial charge in [-0.1, -0.05) is 0 Å². The van der Waals surface area contributed by atoms with Gasteiger partial charge in [-0.25, -0.2) is 4.98 Å². The molecule has 2 N–H and O–H groups in total. The molecule has 0 saturated heterocycles. The van der Waals surface area contributed by atoms with E-state index in [-0.39, 0.29) is 0 Å². The van der Waals surface area contributed by atoms with Crippen molar-refractivity contribution in [3.05, 3.63) is 36.4 Å². The number of rotatable bonds is 3. The lowest BCUT2D eigenvalue weighted by atomic mass is 9.82. The molecule has 4 atom stereocenters. The fourth-order valence-corrected chi connectivity index (χ4v) is 5.22. The molecule has 2 aliphatic rings. The Morgan fingerprint density at radius 2 is 2.12 bits per heavy atom. The van der Waals surface area contributed by atoms with Gasteiger partial charge in [0.1, 0.15) is 5.65 Å². The van der Waals surface area contributed by atoms with Crippen LogP contribution in [0.1, 0.15) is 37.2 Å². The minimum absolute atomic E-state index is 0.664. The molecule has 130 valence electrons. The molecule has 25 heavy (non-hydrogen) atoms.